The molecule has 1 saturated carbocycles. The van der Waals surface area contributed by atoms with Crippen LogP contribution in [0.5, 0.6) is 0 Å². The minimum atomic E-state index is 1.03. The van der Waals surface area contributed by atoms with Crippen molar-refractivity contribution < 1.29 is 0 Å². The van der Waals surface area contributed by atoms with Crippen molar-refractivity contribution in [3.63, 3.8) is 0 Å². The van der Waals surface area contributed by atoms with Gasteiger partial charge in [0.05, 0.1) is 0 Å². The highest BCUT2D eigenvalue weighted by Gasteiger charge is 2.11. The lowest BCUT2D eigenvalue weighted by atomic mass is 9.87. The summed E-state index contributed by atoms with van der Waals surface area (Å²) in [5, 5.41) is 4.52. The summed E-state index contributed by atoms with van der Waals surface area (Å²) in [7, 11) is 0. The molecule has 12 heavy (non-hydrogen) atoms. The van der Waals surface area contributed by atoms with Crippen molar-refractivity contribution in [3.8, 4) is 0 Å². The van der Waals surface area contributed by atoms with Crippen LogP contribution in [0.2, 0.25) is 0 Å². The molecule has 0 amide bonds. The van der Waals surface area contributed by atoms with Crippen LogP contribution in [0.25, 0.3) is 0 Å². The Kier molecular flexibility index (Phi) is 6.05. The second-order valence-corrected chi connectivity index (χ2v) is 4.52. The first-order valence-electron chi connectivity index (χ1n) is 5.20. The first kappa shape index (κ1) is 10.5. The van der Waals surface area contributed by atoms with Crippen molar-refractivity contribution in [2.45, 2.75) is 38.5 Å². The van der Waals surface area contributed by atoms with E-state index in [9.17, 15) is 0 Å². The Balaban J connectivity index is 1.91. The average molecular weight is 234 g/mol. The van der Waals surface area contributed by atoms with Gasteiger partial charge < -0.3 is 5.32 Å². The van der Waals surface area contributed by atoms with Gasteiger partial charge in [-0.25, -0.2) is 0 Å². The van der Waals surface area contributed by atoms with E-state index < -0.39 is 0 Å². The Hall–Kier alpha value is 0.440. The van der Waals surface area contributed by atoms with Crippen LogP contribution in [0.15, 0.2) is 0 Å². The number of hydrogen-bond donors (Lipinski definition) is 1. The molecule has 2 heteroatoms. The molecule has 0 aromatic carbocycles. The summed E-state index contributed by atoms with van der Waals surface area (Å²) in [4.78, 5) is 0. The second kappa shape index (κ2) is 6.90. The van der Waals surface area contributed by atoms with E-state index in [0.717, 1.165) is 17.8 Å². The Morgan fingerprint density at radius 1 is 1.08 bits per heavy atom. The van der Waals surface area contributed by atoms with Gasteiger partial charge in [0.1, 0.15) is 0 Å². The molecule has 0 atom stereocenters. The van der Waals surface area contributed by atoms with E-state index in [-0.39, 0.29) is 0 Å². The minimum Gasteiger partial charge on any atom is -0.316 e. The molecule has 0 aromatic rings. The maximum atomic E-state index is 3.44. The predicted octanol–water partition coefficient (Wildman–Crippen LogP) is 2.94. The molecule has 1 fully saturated rings. The number of hydrogen-bond acceptors (Lipinski definition) is 1. The van der Waals surface area contributed by atoms with Crippen molar-refractivity contribution in [1.82, 2.24) is 5.32 Å². The largest absolute Gasteiger partial charge is 0.316 e. The van der Waals surface area contributed by atoms with Gasteiger partial charge in [0, 0.05) is 11.9 Å². The molecule has 0 aliphatic heterocycles. The van der Waals surface area contributed by atoms with Gasteiger partial charge in [0.2, 0.25) is 0 Å². The van der Waals surface area contributed by atoms with Crippen LogP contribution in [-0.2, 0) is 0 Å². The maximum Gasteiger partial charge on any atom is 0.0157 e. The molecule has 1 nitrogen and oxygen atoms in total. The van der Waals surface area contributed by atoms with E-state index in [2.05, 4.69) is 21.2 Å². The summed E-state index contributed by atoms with van der Waals surface area (Å²) in [5.74, 6) is 1.03. The topological polar surface area (TPSA) is 12.0 Å². The molecule has 0 unspecified atom stereocenters. The normalized spacial score (nSPS) is 19.8. The molecule has 1 aliphatic carbocycles. The average Bonchev–Trinajstić information content (AvgIpc) is 2.14. The first-order valence-corrected chi connectivity index (χ1v) is 6.32. The lowest BCUT2D eigenvalue weighted by Crippen LogP contribution is -2.21. The van der Waals surface area contributed by atoms with E-state index >= 15 is 0 Å². The lowest BCUT2D eigenvalue weighted by Gasteiger charge is -2.21. The standard InChI is InChI=1S/C10H20BrN/c11-7-9-12-8-6-10-4-2-1-3-5-10/h10,12H,1-9H2. The SMILES string of the molecule is BrCCNCCC1CCCCC1. The number of nitrogens with one attached hydrogen (secondary N) is 1. The molecule has 0 bridgehead atoms. The van der Waals surface area contributed by atoms with E-state index in [4.69, 9.17) is 0 Å². The van der Waals surface area contributed by atoms with Gasteiger partial charge in [-0.3, -0.25) is 0 Å². The van der Waals surface area contributed by atoms with Crippen molar-refractivity contribution in [3.05, 3.63) is 0 Å². The fraction of sp³-hybridized carbons (Fsp3) is 1.00. The molecule has 0 spiro atoms. The number of halogens is 1. The van der Waals surface area contributed by atoms with Crippen molar-refractivity contribution >= 4 is 15.9 Å². The monoisotopic (exact) mass is 233 g/mol. The Morgan fingerprint density at radius 3 is 2.50 bits per heavy atom. The van der Waals surface area contributed by atoms with Gasteiger partial charge >= 0.3 is 0 Å². The molecule has 72 valence electrons. The highest BCUT2D eigenvalue weighted by molar-refractivity contribution is 9.09. The number of alkyl halides is 1. The molecule has 0 saturated heterocycles. The predicted molar refractivity (Wildman–Crippen MR) is 57.9 cm³/mol. The maximum absolute atomic E-state index is 3.44. The third kappa shape index (κ3) is 4.46. The van der Waals surface area contributed by atoms with Crippen LogP contribution in [-0.4, -0.2) is 18.4 Å². The summed E-state index contributed by atoms with van der Waals surface area (Å²) in [6, 6.07) is 0. The smallest absolute Gasteiger partial charge is 0.0157 e. The first-order chi connectivity index (χ1) is 5.93. The Labute approximate surface area is 84.4 Å². The minimum absolute atomic E-state index is 1.03. The van der Waals surface area contributed by atoms with Crippen LogP contribution >= 0.6 is 15.9 Å². The van der Waals surface area contributed by atoms with Crippen molar-refractivity contribution in [2.75, 3.05) is 18.4 Å². The fourth-order valence-electron chi connectivity index (χ4n) is 1.97. The molecular weight excluding hydrogens is 214 g/mol. The van der Waals surface area contributed by atoms with Gasteiger partial charge in [-0.1, -0.05) is 48.0 Å². The zero-order chi connectivity index (χ0) is 8.65. The summed E-state index contributed by atoms with van der Waals surface area (Å²) >= 11 is 3.41. The third-order valence-electron chi connectivity index (χ3n) is 2.73. The van der Waals surface area contributed by atoms with Crippen LogP contribution in [0.4, 0.5) is 0 Å². The van der Waals surface area contributed by atoms with Crippen molar-refractivity contribution in [1.29, 1.82) is 0 Å². The molecule has 0 heterocycles. The van der Waals surface area contributed by atoms with Gasteiger partial charge in [-0.15, -0.1) is 0 Å². The van der Waals surface area contributed by atoms with E-state index in [1.165, 1.54) is 45.1 Å². The van der Waals surface area contributed by atoms with E-state index in [1.807, 2.05) is 0 Å². The lowest BCUT2D eigenvalue weighted by molar-refractivity contribution is 0.335. The zero-order valence-electron chi connectivity index (χ0n) is 7.82. The van der Waals surface area contributed by atoms with Crippen LogP contribution in [0.3, 0.4) is 0 Å². The van der Waals surface area contributed by atoms with Crippen LogP contribution in [0, 0.1) is 5.92 Å². The highest BCUT2D eigenvalue weighted by Crippen LogP contribution is 2.25. The summed E-state index contributed by atoms with van der Waals surface area (Å²) in [6.45, 7) is 2.34. The summed E-state index contributed by atoms with van der Waals surface area (Å²) in [5.41, 5.74) is 0. The molecule has 1 aliphatic rings. The Morgan fingerprint density at radius 2 is 1.83 bits per heavy atom. The van der Waals surface area contributed by atoms with Gasteiger partial charge in [-0.05, 0) is 18.9 Å². The van der Waals surface area contributed by atoms with Gasteiger partial charge in [-0.2, -0.15) is 0 Å². The zero-order valence-corrected chi connectivity index (χ0v) is 9.41. The highest BCUT2D eigenvalue weighted by atomic mass is 79.9. The van der Waals surface area contributed by atoms with Crippen LogP contribution < -0.4 is 5.32 Å². The molecule has 0 aromatic heterocycles. The summed E-state index contributed by atoms with van der Waals surface area (Å²) < 4.78 is 0. The van der Waals surface area contributed by atoms with Gasteiger partial charge in [0.25, 0.3) is 0 Å². The third-order valence-corrected chi connectivity index (χ3v) is 3.12. The quantitative estimate of drug-likeness (QED) is 0.569. The fourth-order valence-corrected chi connectivity index (χ4v) is 2.25. The van der Waals surface area contributed by atoms with Gasteiger partial charge in [0.15, 0.2) is 0 Å². The van der Waals surface area contributed by atoms with E-state index in [0.29, 0.717) is 0 Å². The molecule has 0 radical (unpaired) electrons. The summed E-state index contributed by atoms with van der Waals surface area (Å²) in [6.07, 6.45) is 8.79. The number of rotatable bonds is 5. The molecule has 1 rings (SSSR count). The molecular formula is C10H20BrN. The van der Waals surface area contributed by atoms with Crippen LogP contribution in [0.1, 0.15) is 38.5 Å². The Bertz CT molecular complexity index is 100. The molecule has 1 N–H and O–H groups in total. The second-order valence-electron chi connectivity index (χ2n) is 3.73. The van der Waals surface area contributed by atoms with E-state index in [1.54, 1.807) is 0 Å². The van der Waals surface area contributed by atoms with Crippen molar-refractivity contribution in [2.24, 2.45) is 5.92 Å².